The van der Waals surface area contributed by atoms with Gasteiger partial charge < -0.3 is 15.0 Å². The van der Waals surface area contributed by atoms with E-state index in [2.05, 4.69) is 22.2 Å². The topological polar surface area (TPSA) is 37.4 Å². The Labute approximate surface area is 115 Å². The van der Waals surface area contributed by atoms with Gasteiger partial charge in [-0.1, -0.05) is 6.42 Å². The monoisotopic (exact) mass is 261 g/mol. The number of hydrogen-bond acceptors (Lipinski definition) is 4. The van der Waals surface area contributed by atoms with Gasteiger partial charge in [-0.15, -0.1) is 0 Å². The second-order valence-electron chi connectivity index (χ2n) is 5.80. The molecule has 2 saturated heterocycles. The van der Waals surface area contributed by atoms with Gasteiger partial charge in [-0.25, -0.2) is 4.98 Å². The van der Waals surface area contributed by atoms with Crippen LogP contribution in [0.3, 0.4) is 0 Å². The van der Waals surface area contributed by atoms with E-state index >= 15 is 0 Å². The molecule has 3 rings (SSSR count). The Morgan fingerprint density at radius 2 is 2.00 bits per heavy atom. The average Bonchev–Trinajstić information content (AvgIpc) is 2.41. The second-order valence-corrected chi connectivity index (χ2v) is 5.80. The van der Waals surface area contributed by atoms with Crippen LogP contribution in [-0.2, 0) is 0 Å². The first-order chi connectivity index (χ1) is 9.26. The highest BCUT2D eigenvalue weighted by Crippen LogP contribution is 2.33. The molecular weight excluding hydrogens is 238 g/mol. The smallest absolute Gasteiger partial charge is 0.137 e. The summed E-state index contributed by atoms with van der Waals surface area (Å²) in [5, 5.41) is 3.59. The van der Waals surface area contributed by atoms with Crippen molar-refractivity contribution in [3.05, 3.63) is 18.3 Å². The molecule has 0 aromatic carbocycles. The summed E-state index contributed by atoms with van der Waals surface area (Å²) in [6, 6.07) is 6.04. The number of nitrogens with one attached hydrogen (secondary N) is 1. The van der Waals surface area contributed by atoms with Crippen LogP contribution in [0.15, 0.2) is 18.3 Å². The summed E-state index contributed by atoms with van der Waals surface area (Å²) in [7, 11) is 3.96. The number of ether oxygens (including phenoxy) is 1. The van der Waals surface area contributed by atoms with Crippen LogP contribution < -0.4 is 10.1 Å². The molecule has 1 aromatic rings. The molecule has 1 aromatic heterocycles. The van der Waals surface area contributed by atoms with Crippen LogP contribution in [0.5, 0.6) is 5.75 Å². The Morgan fingerprint density at radius 1 is 1.26 bits per heavy atom. The number of pyridine rings is 1. The van der Waals surface area contributed by atoms with Crippen LogP contribution in [0.4, 0.5) is 5.82 Å². The highest BCUT2D eigenvalue weighted by Gasteiger charge is 2.35. The summed E-state index contributed by atoms with van der Waals surface area (Å²) in [5.74, 6) is 1.78. The summed E-state index contributed by atoms with van der Waals surface area (Å²) < 4.78 is 5.14. The van der Waals surface area contributed by atoms with E-state index in [4.69, 9.17) is 4.74 Å². The Hall–Kier alpha value is -1.29. The molecule has 1 N–H and O–H groups in total. The van der Waals surface area contributed by atoms with Crippen LogP contribution in [0.1, 0.15) is 32.1 Å². The maximum Gasteiger partial charge on any atom is 0.137 e. The fraction of sp³-hybridized carbons (Fsp3) is 0.667. The van der Waals surface area contributed by atoms with Gasteiger partial charge >= 0.3 is 0 Å². The van der Waals surface area contributed by atoms with Gasteiger partial charge in [-0.3, -0.25) is 0 Å². The van der Waals surface area contributed by atoms with E-state index in [1.165, 1.54) is 32.1 Å². The molecule has 2 aliphatic rings. The number of nitrogens with zero attached hydrogens (tertiary/aromatic N) is 2. The highest BCUT2D eigenvalue weighted by molar-refractivity contribution is 5.38. The van der Waals surface area contributed by atoms with Gasteiger partial charge in [0.1, 0.15) is 11.6 Å². The van der Waals surface area contributed by atoms with Crippen molar-refractivity contribution in [2.24, 2.45) is 0 Å². The molecule has 2 bridgehead atoms. The first-order valence-electron chi connectivity index (χ1n) is 7.25. The summed E-state index contributed by atoms with van der Waals surface area (Å²) in [6.45, 7) is 0. The van der Waals surface area contributed by atoms with E-state index in [1.54, 1.807) is 13.3 Å². The van der Waals surface area contributed by atoms with Crippen molar-refractivity contribution in [3.8, 4) is 5.75 Å². The largest absolute Gasteiger partial charge is 0.495 e. The van der Waals surface area contributed by atoms with Crippen molar-refractivity contribution < 1.29 is 4.74 Å². The minimum Gasteiger partial charge on any atom is -0.495 e. The molecular formula is C15H23N3O. The average molecular weight is 261 g/mol. The van der Waals surface area contributed by atoms with Gasteiger partial charge in [-0.05, 0) is 44.9 Å². The lowest BCUT2D eigenvalue weighted by atomic mass is 9.82. The minimum absolute atomic E-state index is 0.562. The maximum atomic E-state index is 5.14. The molecule has 2 unspecified atom stereocenters. The lowest BCUT2D eigenvalue weighted by Crippen LogP contribution is -2.52. The third-order valence-electron chi connectivity index (χ3n) is 4.66. The van der Waals surface area contributed by atoms with E-state index in [1.807, 2.05) is 12.1 Å². The zero-order chi connectivity index (χ0) is 13.2. The van der Waals surface area contributed by atoms with E-state index in [0.29, 0.717) is 6.04 Å². The van der Waals surface area contributed by atoms with Crippen molar-refractivity contribution in [3.63, 3.8) is 0 Å². The zero-order valence-electron chi connectivity index (χ0n) is 11.8. The van der Waals surface area contributed by atoms with Crippen molar-refractivity contribution in [1.29, 1.82) is 0 Å². The van der Waals surface area contributed by atoms with E-state index in [-0.39, 0.29) is 0 Å². The van der Waals surface area contributed by atoms with Gasteiger partial charge in [0.2, 0.25) is 0 Å². The Bertz CT molecular complexity index is 406. The molecule has 4 nitrogen and oxygen atoms in total. The number of aromatic nitrogens is 1. The zero-order valence-corrected chi connectivity index (χ0v) is 11.8. The molecule has 2 aliphatic heterocycles. The molecule has 0 spiro atoms. The number of fused-ring (bicyclic) bond motifs is 2. The molecule has 2 fully saturated rings. The normalized spacial score (nSPS) is 30.9. The fourth-order valence-corrected chi connectivity index (χ4v) is 3.53. The minimum atomic E-state index is 0.562. The lowest BCUT2D eigenvalue weighted by molar-refractivity contribution is 0.0608. The maximum absolute atomic E-state index is 5.14. The molecule has 0 radical (unpaired) electrons. The molecule has 2 atom stereocenters. The second kappa shape index (κ2) is 5.37. The third-order valence-corrected chi connectivity index (χ3v) is 4.66. The summed E-state index contributed by atoms with van der Waals surface area (Å²) in [4.78, 5) is 6.99. The Balaban J connectivity index is 1.63. The molecule has 0 amide bonds. The molecule has 19 heavy (non-hydrogen) atoms. The third kappa shape index (κ3) is 2.68. The molecule has 0 aliphatic carbocycles. The Morgan fingerprint density at radius 3 is 2.58 bits per heavy atom. The standard InChI is InChI=1S/C15H23N3O/c1-18-12-4-3-5-13(18)9-11(8-12)17-15-7-6-14(19-2)10-16-15/h6-7,10-13H,3-5,8-9H2,1-2H3,(H,16,17). The van der Waals surface area contributed by atoms with Crippen LogP contribution in [0, 0.1) is 0 Å². The van der Waals surface area contributed by atoms with Crippen molar-refractivity contribution >= 4 is 5.82 Å². The first kappa shape index (κ1) is 12.7. The molecule has 4 heteroatoms. The van der Waals surface area contributed by atoms with Gasteiger partial charge in [0.15, 0.2) is 0 Å². The number of rotatable bonds is 3. The number of hydrogen-bond donors (Lipinski definition) is 1. The van der Waals surface area contributed by atoms with Crippen molar-refractivity contribution in [2.45, 2.75) is 50.2 Å². The van der Waals surface area contributed by atoms with Crippen molar-refractivity contribution in [1.82, 2.24) is 9.88 Å². The number of anilines is 1. The van der Waals surface area contributed by atoms with Crippen molar-refractivity contribution in [2.75, 3.05) is 19.5 Å². The van der Waals surface area contributed by atoms with Crippen LogP contribution >= 0.6 is 0 Å². The van der Waals surface area contributed by atoms with Gasteiger partial charge in [0.25, 0.3) is 0 Å². The van der Waals surface area contributed by atoms with E-state index in [9.17, 15) is 0 Å². The first-order valence-corrected chi connectivity index (χ1v) is 7.25. The van der Waals surface area contributed by atoms with Gasteiger partial charge in [0.05, 0.1) is 13.3 Å². The predicted molar refractivity (Wildman–Crippen MR) is 76.6 cm³/mol. The van der Waals surface area contributed by atoms with Gasteiger partial charge in [-0.2, -0.15) is 0 Å². The van der Waals surface area contributed by atoms with Crippen LogP contribution in [0.2, 0.25) is 0 Å². The van der Waals surface area contributed by atoms with E-state index in [0.717, 1.165) is 23.7 Å². The fourth-order valence-electron chi connectivity index (χ4n) is 3.53. The summed E-state index contributed by atoms with van der Waals surface area (Å²) >= 11 is 0. The number of piperidine rings is 2. The van der Waals surface area contributed by atoms with E-state index < -0.39 is 0 Å². The van der Waals surface area contributed by atoms with Crippen LogP contribution in [-0.4, -0.2) is 42.2 Å². The van der Waals surface area contributed by atoms with Gasteiger partial charge in [0, 0.05) is 18.1 Å². The number of methoxy groups -OCH3 is 1. The lowest BCUT2D eigenvalue weighted by Gasteiger charge is -2.47. The highest BCUT2D eigenvalue weighted by atomic mass is 16.5. The molecule has 0 saturated carbocycles. The predicted octanol–water partition coefficient (Wildman–Crippen LogP) is 2.52. The Kier molecular flexibility index (Phi) is 3.60. The quantitative estimate of drug-likeness (QED) is 0.907. The summed E-state index contributed by atoms with van der Waals surface area (Å²) in [6.07, 6.45) is 8.34. The summed E-state index contributed by atoms with van der Waals surface area (Å²) in [5.41, 5.74) is 0. The molecule has 3 heterocycles. The van der Waals surface area contributed by atoms with Crippen LogP contribution in [0.25, 0.3) is 0 Å². The molecule has 104 valence electrons. The SMILES string of the molecule is COc1ccc(NC2CC3CCCC(C2)N3C)nc1.